The molecule has 0 saturated carbocycles. The average Bonchev–Trinajstić information content (AvgIpc) is 2.73. The Labute approximate surface area is 127 Å². The number of sulfonamides is 1. The Morgan fingerprint density at radius 1 is 1.05 bits per heavy atom. The molecule has 2 aromatic rings. The smallest absolute Gasteiger partial charge is 0.296 e. The largest absolute Gasteiger partial charge is 0.318 e. The number of hydrogen-bond donors (Lipinski definition) is 2. The third kappa shape index (κ3) is 2.46. The molecule has 3 rings (SSSR count). The van der Waals surface area contributed by atoms with Gasteiger partial charge in [-0.05, 0) is 42.8 Å². The molecule has 22 heavy (non-hydrogen) atoms. The molecule has 2 N–H and O–H groups in total. The number of anilines is 2. The predicted octanol–water partition coefficient (Wildman–Crippen LogP) is 1.93. The zero-order valence-electron chi connectivity index (χ0n) is 11.6. The van der Waals surface area contributed by atoms with Crippen molar-refractivity contribution in [1.82, 2.24) is 0 Å². The summed E-state index contributed by atoms with van der Waals surface area (Å²) in [6, 6.07) is 10.9. The van der Waals surface area contributed by atoms with Crippen molar-refractivity contribution in [3.8, 4) is 0 Å². The van der Waals surface area contributed by atoms with E-state index >= 15 is 0 Å². The van der Waals surface area contributed by atoms with Crippen LogP contribution >= 0.6 is 0 Å². The monoisotopic (exact) mass is 316 g/mol. The Morgan fingerprint density at radius 2 is 1.82 bits per heavy atom. The van der Waals surface area contributed by atoms with Gasteiger partial charge in [0.2, 0.25) is 0 Å². The Kier molecular flexibility index (Phi) is 3.22. The van der Waals surface area contributed by atoms with E-state index in [2.05, 4.69) is 10.0 Å². The van der Waals surface area contributed by atoms with Crippen molar-refractivity contribution in [3.63, 3.8) is 0 Å². The van der Waals surface area contributed by atoms with Gasteiger partial charge in [-0.15, -0.1) is 0 Å². The summed E-state index contributed by atoms with van der Waals surface area (Å²) in [6.07, 6.45) is 0. The molecule has 0 fully saturated rings. The van der Waals surface area contributed by atoms with Gasteiger partial charge in [0.1, 0.15) is 0 Å². The first-order chi connectivity index (χ1) is 10.4. The molecule has 112 valence electrons. The van der Waals surface area contributed by atoms with E-state index in [1.165, 1.54) is 18.2 Å². The molecule has 0 aromatic heterocycles. The number of amides is 1. The van der Waals surface area contributed by atoms with Crippen LogP contribution in [0, 0.1) is 6.92 Å². The molecule has 6 nitrogen and oxygen atoms in total. The number of carbonyl (C=O) groups excluding carboxylic acids is 2. The molecule has 1 amide bonds. The van der Waals surface area contributed by atoms with Crippen molar-refractivity contribution in [2.24, 2.45) is 0 Å². The first-order valence-corrected chi connectivity index (χ1v) is 7.94. The lowest BCUT2D eigenvalue weighted by Crippen LogP contribution is -2.14. The van der Waals surface area contributed by atoms with E-state index in [4.69, 9.17) is 0 Å². The number of rotatable bonds is 3. The highest BCUT2D eigenvalue weighted by Crippen LogP contribution is 2.27. The second kappa shape index (κ2) is 4.96. The molecule has 0 aliphatic carbocycles. The number of hydrogen-bond acceptors (Lipinski definition) is 4. The minimum atomic E-state index is -3.83. The van der Waals surface area contributed by atoms with Crippen molar-refractivity contribution >= 4 is 33.1 Å². The van der Waals surface area contributed by atoms with Crippen LogP contribution in [-0.2, 0) is 14.8 Å². The molecular formula is C15H12N2O4S. The number of ketones is 1. The summed E-state index contributed by atoms with van der Waals surface area (Å²) in [7, 11) is -3.83. The number of carbonyl (C=O) groups is 2. The van der Waals surface area contributed by atoms with Gasteiger partial charge in [0, 0.05) is 5.69 Å². The topological polar surface area (TPSA) is 92.3 Å². The van der Waals surface area contributed by atoms with Gasteiger partial charge >= 0.3 is 0 Å². The van der Waals surface area contributed by atoms with Crippen molar-refractivity contribution < 1.29 is 18.0 Å². The van der Waals surface area contributed by atoms with Crippen molar-refractivity contribution in [2.45, 2.75) is 11.8 Å². The molecule has 2 aromatic carbocycles. The van der Waals surface area contributed by atoms with Crippen LogP contribution in [0.15, 0.2) is 47.4 Å². The van der Waals surface area contributed by atoms with Crippen molar-refractivity contribution in [3.05, 3.63) is 53.6 Å². The number of nitrogens with one attached hydrogen (secondary N) is 2. The van der Waals surface area contributed by atoms with Crippen LogP contribution in [0.5, 0.6) is 0 Å². The molecule has 1 aliphatic rings. The molecule has 0 saturated heterocycles. The third-order valence-electron chi connectivity index (χ3n) is 3.27. The van der Waals surface area contributed by atoms with E-state index in [9.17, 15) is 18.0 Å². The third-order valence-corrected chi connectivity index (χ3v) is 4.65. The van der Waals surface area contributed by atoms with E-state index in [0.717, 1.165) is 5.56 Å². The molecule has 7 heteroatoms. The Balaban J connectivity index is 1.97. The van der Waals surface area contributed by atoms with Gasteiger partial charge in [-0.2, -0.15) is 0 Å². The Hall–Kier alpha value is -2.67. The number of aryl methyl sites for hydroxylation is 1. The summed E-state index contributed by atoms with van der Waals surface area (Å²) in [5.74, 6) is -1.49. The number of benzene rings is 2. The van der Waals surface area contributed by atoms with Crippen molar-refractivity contribution in [2.75, 3.05) is 10.0 Å². The van der Waals surface area contributed by atoms with Crippen LogP contribution in [0.4, 0.5) is 11.4 Å². The molecule has 0 unspecified atom stereocenters. The van der Waals surface area contributed by atoms with E-state index in [1.807, 2.05) is 13.0 Å². The van der Waals surface area contributed by atoms with Gasteiger partial charge in [0.25, 0.3) is 21.7 Å². The van der Waals surface area contributed by atoms with Crippen LogP contribution in [0.1, 0.15) is 15.9 Å². The van der Waals surface area contributed by atoms with E-state index in [-0.39, 0.29) is 10.5 Å². The predicted molar refractivity (Wildman–Crippen MR) is 81.4 cm³/mol. The fourth-order valence-corrected chi connectivity index (χ4v) is 3.29. The van der Waals surface area contributed by atoms with Crippen LogP contribution in [-0.4, -0.2) is 20.1 Å². The van der Waals surface area contributed by atoms with E-state index in [0.29, 0.717) is 11.4 Å². The van der Waals surface area contributed by atoms with E-state index in [1.54, 1.807) is 18.2 Å². The van der Waals surface area contributed by atoms with Gasteiger partial charge < -0.3 is 5.32 Å². The Morgan fingerprint density at radius 3 is 2.55 bits per heavy atom. The summed E-state index contributed by atoms with van der Waals surface area (Å²) < 4.78 is 27.2. The highest BCUT2D eigenvalue weighted by molar-refractivity contribution is 7.92. The molecule has 0 radical (unpaired) electrons. The number of fused-ring (bicyclic) bond motifs is 1. The fraction of sp³-hybridized carbons (Fsp3) is 0.0667. The van der Waals surface area contributed by atoms with Crippen LogP contribution < -0.4 is 10.0 Å². The van der Waals surface area contributed by atoms with Gasteiger partial charge in [0.05, 0.1) is 16.1 Å². The van der Waals surface area contributed by atoms with Gasteiger partial charge in [-0.3, -0.25) is 14.3 Å². The molecule has 0 spiro atoms. The summed E-state index contributed by atoms with van der Waals surface area (Å²) in [5, 5.41) is 2.38. The SMILES string of the molecule is Cc1cccc(NS(=O)(=O)c2ccc3c(c2)C(=O)C(=O)N3)c1. The van der Waals surface area contributed by atoms with E-state index < -0.39 is 21.7 Å². The molecule has 0 bridgehead atoms. The lowest BCUT2D eigenvalue weighted by molar-refractivity contribution is -0.112. The minimum Gasteiger partial charge on any atom is -0.318 e. The molecule has 0 atom stereocenters. The first-order valence-electron chi connectivity index (χ1n) is 6.46. The number of Topliss-reactive ketones (excluding diaryl/α,β-unsaturated/α-hetero) is 1. The molecule has 1 aliphatic heterocycles. The second-order valence-electron chi connectivity index (χ2n) is 4.97. The lowest BCUT2D eigenvalue weighted by atomic mass is 10.1. The van der Waals surface area contributed by atoms with Gasteiger partial charge in [-0.25, -0.2) is 8.42 Å². The molecular weight excluding hydrogens is 304 g/mol. The zero-order chi connectivity index (χ0) is 15.9. The maximum atomic E-state index is 12.4. The second-order valence-corrected chi connectivity index (χ2v) is 6.65. The summed E-state index contributed by atoms with van der Waals surface area (Å²) in [5.41, 5.74) is 1.74. The standard InChI is InChI=1S/C15H12N2O4S/c1-9-3-2-4-10(7-9)17-22(20,21)11-5-6-13-12(8-11)14(18)15(19)16-13/h2-8,17H,1H3,(H,16,18,19). The average molecular weight is 316 g/mol. The lowest BCUT2D eigenvalue weighted by Gasteiger charge is -2.09. The van der Waals surface area contributed by atoms with Crippen LogP contribution in [0.3, 0.4) is 0 Å². The summed E-state index contributed by atoms with van der Waals surface area (Å²) in [4.78, 5) is 22.9. The zero-order valence-corrected chi connectivity index (χ0v) is 12.4. The maximum Gasteiger partial charge on any atom is 0.296 e. The first kappa shape index (κ1) is 14.3. The Bertz CT molecular complexity index is 904. The van der Waals surface area contributed by atoms with Gasteiger partial charge in [-0.1, -0.05) is 12.1 Å². The summed E-state index contributed by atoms with van der Waals surface area (Å²) >= 11 is 0. The van der Waals surface area contributed by atoms with Crippen molar-refractivity contribution in [1.29, 1.82) is 0 Å². The van der Waals surface area contributed by atoms with Crippen LogP contribution in [0.25, 0.3) is 0 Å². The normalized spacial score (nSPS) is 13.7. The van der Waals surface area contributed by atoms with Crippen LogP contribution in [0.2, 0.25) is 0 Å². The fourth-order valence-electron chi connectivity index (χ4n) is 2.21. The maximum absolute atomic E-state index is 12.4. The summed E-state index contributed by atoms with van der Waals surface area (Å²) in [6.45, 7) is 1.85. The highest BCUT2D eigenvalue weighted by atomic mass is 32.2. The molecule has 1 heterocycles. The van der Waals surface area contributed by atoms with Gasteiger partial charge in [0.15, 0.2) is 0 Å². The highest BCUT2D eigenvalue weighted by Gasteiger charge is 2.29. The minimum absolute atomic E-state index is 0.0668. The quantitative estimate of drug-likeness (QED) is 0.846.